The summed E-state index contributed by atoms with van der Waals surface area (Å²) in [6.07, 6.45) is -1.06. The maximum Gasteiger partial charge on any atom is 0.410 e. The number of esters is 1. The summed E-state index contributed by atoms with van der Waals surface area (Å²) in [5.41, 5.74) is -0.585. The van der Waals surface area contributed by atoms with E-state index in [1.807, 2.05) is 6.07 Å². The van der Waals surface area contributed by atoms with Crippen molar-refractivity contribution in [2.45, 2.75) is 39.4 Å². The Morgan fingerprint density at radius 3 is 2.39 bits per heavy atom. The molecule has 0 aromatic rings. The van der Waals surface area contributed by atoms with Crippen LogP contribution < -0.4 is 0 Å². The monoisotopic (exact) mass is 254 g/mol. The second-order valence-corrected chi connectivity index (χ2v) is 5.27. The zero-order valence-electron chi connectivity index (χ0n) is 11.1. The maximum atomic E-state index is 11.8. The highest BCUT2D eigenvalue weighted by atomic mass is 16.6. The van der Waals surface area contributed by atoms with Crippen LogP contribution in [-0.2, 0) is 14.3 Å². The minimum absolute atomic E-state index is 0.201. The number of rotatable bonds is 1. The van der Waals surface area contributed by atoms with E-state index in [2.05, 4.69) is 0 Å². The van der Waals surface area contributed by atoms with Crippen molar-refractivity contribution in [3.8, 4) is 6.07 Å². The van der Waals surface area contributed by atoms with E-state index in [-0.39, 0.29) is 13.1 Å². The summed E-state index contributed by atoms with van der Waals surface area (Å²) >= 11 is 0. The molecule has 1 rings (SSSR count). The Bertz CT molecular complexity index is 381. The topological polar surface area (TPSA) is 79.6 Å². The Morgan fingerprint density at radius 1 is 1.33 bits per heavy atom. The molecule has 18 heavy (non-hydrogen) atoms. The lowest BCUT2D eigenvalue weighted by atomic mass is 10.1. The molecule has 0 aromatic heterocycles. The van der Waals surface area contributed by atoms with Crippen LogP contribution >= 0.6 is 0 Å². The number of amides is 1. The summed E-state index contributed by atoms with van der Waals surface area (Å²) in [7, 11) is 0. The third-order valence-corrected chi connectivity index (χ3v) is 2.40. The first-order chi connectivity index (χ1) is 8.23. The van der Waals surface area contributed by atoms with Gasteiger partial charge in [-0.15, -0.1) is 0 Å². The summed E-state index contributed by atoms with van der Waals surface area (Å²) in [4.78, 5) is 24.1. The Labute approximate surface area is 106 Å². The zero-order chi connectivity index (χ0) is 13.9. The van der Waals surface area contributed by atoms with Crippen LogP contribution in [0.4, 0.5) is 4.79 Å². The highest BCUT2D eigenvalue weighted by Crippen LogP contribution is 2.22. The lowest BCUT2D eigenvalue weighted by molar-refractivity contribution is -0.146. The fraction of sp³-hybridized carbons (Fsp3) is 0.750. The van der Waals surface area contributed by atoms with Crippen molar-refractivity contribution in [1.29, 1.82) is 5.26 Å². The van der Waals surface area contributed by atoms with Crippen LogP contribution in [0.3, 0.4) is 0 Å². The highest BCUT2D eigenvalue weighted by molar-refractivity contribution is 5.69. The van der Waals surface area contributed by atoms with E-state index in [1.165, 1.54) is 11.8 Å². The van der Waals surface area contributed by atoms with Gasteiger partial charge in [0.05, 0.1) is 12.6 Å². The number of carbonyl (C=O) groups excluding carboxylic acids is 2. The van der Waals surface area contributed by atoms with Gasteiger partial charge in [0.15, 0.2) is 0 Å². The molecular formula is C12H18N2O4. The van der Waals surface area contributed by atoms with E-state index in [1.54, 1.807) is 20.8 Å². The van der Waals surface area contributed by atoms with Crippen molar-refractivity contribution >= 4 is 12.1 Å². The van der Waals surface area contributed by atoms with Gasteiger partial charge in [0, 0.05) is 13.5 Å². The molecule has 1 fully saturated rings. The van der Waals surface area contributed by atoms with Crippen molar-refractivity contribution in [1.82, 2.24) is 4.90 Å². The molecule has 1 aliphatic heterocycles. The fourth-order valence-corrected chi connectivity index (χ4v) is 1.71. The van der Waals surface area contributed by atoms with Gasteiger partial charge in [-0.3, -0.25) is 4.79 Å². The Morgan fingerprint density at radius 2 is 1.94 bits per heavy atom. The van der Waals surface area contributed by atoms with Crippen LogP contribution in [0.1, 0.15) is 27.7 Å². The SMILES string of the molecule is CC(=O)O[C@@H]1CN(C(=O)OC(C)(C)C)C[C@H]1C#N. The normalized spacial score (nSPS) is 23.4. The zero-order valence-corrected chi connectivity index (χ0v) is 11.1. The van der Waals surface area contributed by atoms with Gasteiger partial charge in [0.1, 0.15) is 17.6 Å². The standard InChI is InChI=1S/C12H18N2O4/c1-8(15)17-10-7-14(6-9(10)5-13)11(16)18-12(2,3)4/h9-10H,6-7H2,1-4H3/t9-,10-/m1/s1. The summed E-state index contributed by atoms with van der Waals surface area (Å²) in [6.45, 7) is 7.02. The Hall–Kier alpha value is -1.77. The molecule has 0 radical (unpaired) electrons. The molecule has 1 saturated heterocycles. The molecule has 0 N–H and O–H groups in total. The number of hydrogen-bond acceptors (Lipinski definition) is 5. The molecule has 0 aliphatic carbocycles. The van der Waals surface area contributed by atoms with Crippen LogP contribution in [0.2, 0.25) is 0 Å². The average Bonchev–Trinajstić information content (AvgIpc) is 2.57. The number of likely N-dealkylation sites (tertiary alicyclic amines) is 1. The first-order valence-electron chi connectivity index (χ1n) is 5.77. The quantitative estimate of drug-likeness (QED) is 0.659. The highest BCUT2D eigenvalue weighted by Gasteiger charge is 2.39. The van der Waals surface area contributed by atoms with Gasteiger partial charge in [-0.05, 0) is 20.8 Å². The predicted octanol–water partition coefficient (Wildman–Crippen LogP) is 1.31. The van der Waals surface area contributed by atoms with E-state index in [0.717, 1.165) is 0 Å². The largest absolute Gasteiger partial charge is 0.459 e. The molecule has 0 unspecified atom stereocenters. The average molecular weight is 254 g/mol. The Balaban J connectivity index is 2.64. The lowest BCUT2D eigenvalue weighted by Crippen LogP contribution is -2.36. The third-order valence-electron chi connectivity index (χ3n) is 2.40. The van der Waals surface area contributed by atoms with Crippen LogP contribution in [0.15, 0.2) is 0 Å². The van der Waals surface area contributed by atoms with Gasteiger partial charge >= 0.3 is 12.1 Å². The molecule has 100 valence electrons. The van der Waals surface area contributed by atoms with Crippen molar-refractivity contribution in [2.24, 2.45) is 5.92 Å². The molecule has 1 amide bonds. The number of ether oxygens (including phenoxy) is 2. The van der Waals surface area contributed by atoms with Gasteiger partial charge in [0.2, 0.25) is 0 Å². The summed E-state index contributed by atoms with van der Waals surface area (Å²) in [6, 6.07) is 2.04. The molecule has 0 bridgehead atoms. The fourth-order valence-electron chi connectivity index (χ4n) is 1.71. The first-order valence-corrected chi connectivity index (χ1v) is 5.77. The second-order valence-electron chi connectivity index (χ2n) is 5.27. The molecule has 0 spiro atoms. The van der Waals surface area contributed by atoms with Gasteiger partial charge < -0.3 is 14.4 Å². The number of nitriles is 1. The van der Waals surface area contributed by atoms with E-state index >= 15 is 0 Å². The number of hydrogen-bond donors (Lipinski definition) is 0. The van der Waals surface area contributed by atoms with Crippen molar-refractivity contribution < 1.29 is 19.1 Å². The summed E-state index contributed by atoms with van der Waals surface area (Å²) < 4.78 is 10.2. The molecule has 6 heteroatoms. The van der Waals surface area contributed by atoms with Crippen LogP contribution in [0.5, 0.6) is 0 Å². The van der Waals surface area contributed by atoms with E-state index in [0.29, 0.717) is 0 Å². The minimum atomic E-state index is -0.585. The minimum Gasteiger partial charge on any atom is -0.459 e. The van der Waals surface area contributed by atoms with Crippen molar-refractivity contribution in [3.05, 3.63) is 0 Å². The van der Waals surface area contributed by atoms with Crippen LogP contribution in [0, 0.1) is 17.2 Å². The molecule has 0 saturated carbocycles. The molecular weight excluding hydrogens is 236 g/mol. The molecule has 1 heterocycles. The summed E-state index contributed by atoms with van der Waals surface area (Å²) in [5.74, 6) is -0.951. The molecule has 6 nitrogen and oxygen atoms in total. The first kappa shape index (κ1) is 14.3. The van der Waals surface area contributed by atoms with Crippen molar-refractivity contribution in [3.63, 3.8) is 0 Å². The smallest absolute Gasteiger partial charge is 0.410 e. The van der Waals surface area contributed by atoms with Crippen LogP contribution in [-0.4, -0.2) is 41.8 Å². The molecule has 2 atom stereocenters. The van der Waals surface area contributed by atoms with Gasteiger partial charge in [-0.1, -0.05) is 0 Å². The summed E-state index contributed by atoms with van der Waals surface area (Å²) in [5, 5.41) is 8.96. The van der Waals surface area contributed by atoms with Gasteiger partial charge in [-0.2, -0.15) is 5.26 Å². The van der Waals surface area contributed by atoms with Crippen molar-refractivity contribution in [2.75, 3.05) is 13.1 Å². The molecule has 0 aromatic carbocycles. The van der Waals surface area contributed by atoms with Gasteiger partial charge in [-0.25, -0.2) is 4.79 Å². The third kappa shape index (κ3) is 3.91. The number of nitrogens with zero attached hydrogens (tertiary/aromatic N) is 2. The van der Waals surface area contributed by atoms with E-state index < -0.39 is 29.7 Å². The molecule has 1 aliphatic rings. The number of carbonyl (C=O) groups is 2. The lowest BCUT2D eigenvalue weighted by Gasteiger charge is -2.24. The van der Waals surface area contributed by atoms with E-state index in [9.17, 15) is 9.59 Å². The van der Waals surface area contributed by atoms with E-state index in [4.69, 9.17) is 14.7 Å². The second kappa shape index (κ2) is 5.25. The Kier molecular flexibility index (Phi) is 4.17. The predicted molar refractivity (Wildman–Crippen MR) is 62.5 cm³/mol. The van der Waals surface area contributed by atoms with Gasteiger partial charge in [0.25, 0.3) is 0 Å². The maximum absolute atomic E-state index is 11.8. The van der Waals surface area contributed by atoms with Crippen LogP contribution in [0.25, 0.3) is 0 Å².